The summed E-state index contributed by atoms with van der Waals surface area (Å²) in [6.45, 7) is 0. The first-order chi connectivity index (χ1) is 11.7. The summed E-state index contributed by atoms with van der Waals surface area (Å²) in [5.74, 6) is -0.108. The van der Waals surface area contributed by atoms with Crippen LogP contribution in [0.1, 0.15) is 17.9 Å². The van der Waals surface area contributed by atoms with Crippen LogP contribution in [0.2, 0.25) is 0 Å². The third kappa shape index (κ3) is 3.08. The number of para-hydroxylation sites is 1. The Bertz CT molecular complexity index is 829. The summed E-state index contributed by atoms with van der Waals surface area (Å²) in [5.41, 5.74) is 3.54. The summed E-state index contributed by atoms with van der Waals surface area (Å²) in [6.07, 6.45) is 2.92. The molecule has 2 N–H and O–H groups in total. The predicted octanol–water partition coefficient (Wildman–Crippen LogP) is 4.56. The average Bonchev–Trinajstić information content (AvgIpc) is 3.34. The van der Waals surface area contributed by atoms with Crippen LogP contribution in [0.3, 0.4) is 0 Å². The van der Waals surface area contributed by atoms with E-state index in [1.807, 2.05) is 36.5 Å². The van der Waals surface area contributed by atoms with E-state index in [4.69, 9.17) is 0 Å². The lowest BCUT2D eigenvalue weighted by Gasteiger charge is -2.07. The van der Waals surface area contributed by atoms with Crippen molar-refractivity contribution in [2.45, 2.75) is 18.4 Å². The van der Waals surface area contributed by atoms with Gasteiger partial charge in [0.1, 0.15) is 11.6 Å². The van der Waals surface area contributed by atoms with Gasteiger partial charge < -0.3 is 10.4 Å². The van der Waals surface area contributed by atoms with Crippen molar-refractivity contribution in [2.24, 2.45) is 0 Å². The number of rotatable bonds is 4. The molecule has 120 valence electrons. The quantitative estimate of drug-likeness (QED) is 0.740. The van der Waals surface area contributed by atoms with Gasteiger partial charge in [0.05, 0.1) is 5.69 Å². The molecule has 0 bridgehead atoms. The van der Waals surface area contributed by atoms with Crippen molar-refractivity contribution in [1.82, 2.24) is 4.98 Å². The molecule has 1 saturated carbocycles. The highest BCUT2D eigenvalue weighted by Crippen LogP contribution is 2.42. The van der Waals surface area contributed by atoms with E-state index in [1.54, 1.807) is 0 Å². The second kappa shape index (κ2) is 5.96. The molecule has 4 heteroatoms. The van der Waals surface area contributed by atoms with Crippen molar-refractivity contribution in [2.75, 3.05) is 5.32 Å². The number of halogens is 1. The Balaban J connectivity index is 1.47. The summed E-state index contributed by atoms with van der Waals surface area (Å²) in [5, 5.41) is 13.0. The minimum absolute atomic E-state index is 0.0924. The molecule has 1 aliphatic carbocycles. The van der Waals surface area contributed by atoms with Crippen LogP contribution in [0.25, 0.3) is 11.3 Å². The maximum absolute atomic E-state index is 13.4. The Kier molecular flexibility index (Phi) is 3.65. The van der Waals surface area contributed by atoms with Gasteiger partial charge in [-0.15, -0.1) is 0 Å². The molecule has 4 rings (SSSR count). The molecule has 0 saturated heterocycles. The smallest absolute Gasteiger partial charge is 0.127 e. The van der Waals surface area contributed by atoms with E-state index in [-0.39, 0.29) is 5.75 Å². The lowest BCUT2D eigenvalue weighted by Crippen LogP contribution is -2.03. The van der Waals surface area contributed by atoms with E-state index < -0.39 is 5.82 Å². The zero-order valence-corrected chi connectivity index (χ0v) is 13.0. The van der Waals surface area contributed by atoms with Crippen LogP contribution in [-0.2, 0) is 0 Å². The molecule has 3 nitrogen and oxygen atoms in total. The predicted molar refractivity (Wildman–Crippen MR) is 92.5 cm³/mol. The van der Waals surface area contributed by atoms with Gasteiger partial charge in [0.2, 0.25) is 0 Å². The number of benzene rings is 2. The fourth-order valence-electron chi connectivity index (χ4n) is 2.99. The van der Waals surface area contributed by atoms with Crippen LogP contribution >= 0.6 is 0 Å². The number of aromatic hydroxyl groups is 1. The number of phenols is 1. The number of anilines is 1. The fraction of sp³-hybridized carbons (Fsp3) is 0.150. The van der Waals surface area contributed by atoms with Gasteiger partial charge >= 0.3 is 0 Å². The Morgan fingerprint density at radius 3 is 2.58 bits per heavy atom. The molecule has 3 aromatic rings. The molecule has 0 aliphatic heterocycles. The van der Waals surface area contributed by atoms with Gasteiger partial charge in [-0.2, -0.15) is 0 Å². The SMILES string of the molecule is Oc1cc(F)cc(-c2ccc([C@@H]3C[C@H]3Nc3ccccc3)cn2)c1. The summed E-state index contributed by atoms with van der Waals surface area (Å²) < 4.78 is 13.4. The minimum Gasteiger partial charge on any atom is -0.508 e. The topological polar surface area (TPSA) is 45.1 Å². The number of pyridine rings is 1. The van der Waals surface area contributed by atoms with E-state index in [0.717, 1.165) is 18.2 Å². The average molecular weight is 320 g/mol. The third-order valence-electron chi connectivity index (χ3n) is 4.31. The number of aromatic nitrogens is 1. The normalized spacial score (nSPS) is 19.0. The molecule has 1 aromatic heterocycles. The fourth-order valence-corrected chi connectivity index (χ4v) is 2.99. The molecule has 2 aromatic carbocycles. The highest BCUT2D eigenvalue weighted by atomic mass is 19.1. The Morgan fingerprint density at radius 2 is 1.88 bits per heavy atom. The zero-order valence-electron chi connectivity index (χ0n) is 13.0. The van der Waals surface area contributed by atoms with Gasteiger partial charge in [0.15, 0.2) is 0 Å². The molecule has 0 amide bonds. The number of hydrogen-bond donors (Lipinski definition) is 2. The van der Waals surface area contributed by atoms with Gasteiger partial charge in [-0.25, -0.2) is 4.39 Å². The lowest BCUT2D eigenvalue weighted by atomic mass is 10.1. The molecular formula is C20H17FN2O. The lowest BCUT2D eigenvalue weighted by molar-refractivity contribution is 0.469. The van der Waals surface area contributed by atoms with E-state index in [2.05, 4.69) is 22.4 Å². The second-order valence-electron chi connectivity index (χ2n) is 6.13. The second-order valence-corrected chi connectivity index (χ2v) is 6.13. The van der Waals surface area contributed by atoms with Crippen LogP contribution in [0, 0.1) is 5.82 Å². The van der Waals surface area contributed by atoms with Crippen molar-refractivity contribution in [3.05, 3.63) is 78.2 Å². The Hall–Kier alpha value is -2.88. The van der Waals surface area contributed by atoms with Gasteiger partial charge in [-0.1, -0.05) is 24.3 Å². The first-order valence-electron chi connectivity index (χ1n) is 7.96. The largest absolute Gasteiger partial charge is 0.508 e. The number of phenolic OH excluding ortho intramolecular Hbond substituents is 1. The van der Waals surface area contributed by atoms with E-state index in [1.165, 1.54) is 17.7 Å². The van der Waals surface area contributed by atoms with E-state index in [0.29, 0.717) is 23.2 Å². The highest BCUT2D eigenvalue weighted by Gasteiger charge is 2.38. The molecule has 0 radical (unpaired) electrons. The van der Waals surface area contributed by atoms with Crippen molar-refractivity contribution < 1.29 is 9.50 Å². The van der Waals surface area contributed by atoms with Crippen LogP contribution in [0.5, 0.6) is 5.75 Å². The highest BCUT2D eigenvalue weighted by molar-refractivity contribution is 5.61. The van der Waals surface area contributed by atoms with Crippen LogP contribution in [0.15, 0.2) is 66.9 Å². The molecule has 0 unspecified atom stereocenters. The van der Waals surface area contributed by atoms with Crippen LogP contribution < -0.4 is 5.32 Å². The minimum atomic E-state index is -0.467. The monoisotopic (exact) mass is 320 g/mol. The first kappa shape index (κ1) is 14.7. The van der Waals surface area contributed by atoms with Crippen molar-refractivity contribution in [3.8, 4) is 17.0 Å². The van der Waals surface area contributed by atoms with Gasteiger partial charge in [-0.3, -0.25) is 4.98 Å². The summed E-state index contributed by atoms with van der Waals surface area (Å²) in [7, 11) is 0. The number of hydrogen-bond acceptors (Lipinski definition) is 3. The summed E-state index contributed by atoms with van der Waals surface area (Å²) in [4.78, 5) is 4.43. The molecule has 1 fully saturated rings. The summed E-state index contributed by atoms with van der Waals surface area (Å²) >= 11 is 0. The molecular weight excluding hydrogens is 303 g/mol. The molecule has 1 aliphatic rings. The standard InChI is InChI=1S/C20H17FN2O/c21-15-8-14(9-17(24)10-15)19-7-6-13(12-22-19)18-11-20(18)23-16-4-2-1-3-5-16/h1-10,12,18,20,23-24H,11H2/t18-,20+/m0/s1. The third-order valence-corrected chi connectivity index (χ3v) is 4.31. The number of nitrogens with one attached hydrogen (secondary N) is 1. The van der Waals surface area contributed by atoms with Gasteiger partial charge in [0.25, 0.3) is 0 Å². The zero-order chi connectivity index (χ0) is 16.5. The van der Waals surface area contributed by atoms with Gasteiger partial charge in [-0.05, 0) is 42.3 Å². The Morgan fingerprint density at radius 1 is 1.04 bits per heavy atom. The maximum atomic E-state index is 13.4. The van der Waals surface area contributed by atoms with Crippen LogP contribution in [-0.4, -0.2) is 16.1 Å². The van der Waals surface area contributed by atoms with Gasteiger partial charge in [0, 0.05) is 35.5 Å². The number of nitrogens with zero attached hydrogens (tertiary/aromatic N) is 1. The molecule has 24 heavy (non-hydrogen) atoms. The van der Waals surface area contributed by atoms with Crippen molar-refractivity contribution >= 4 is 5.69 Å². The maximum Gasteiger partial charge on any atom is 0.127 e. The van der Waals surface area contributed by atoms with Crippen molar-refractivity contribution in [3.63, 3.8) is 0 Å². The van der Waals surface area contributed by atoms with E-state index in [9.17, 15) is 9.50 Å². The molecule has 2 atom stereocenters. The van der Waals surface area contributed by atoms with Crippen molar-refractivity contribution in [1.29, 1.82) is 0 Å². The first-order valence-corrected chi connectivity index (χ1v) is 7.96. The van der Waals surface area contributed by atoms with Crippen LogP contribution in [0.4, 0.5) is 10.1 Å². The summed E-state index contributed by atoms with van der Waals surface area (Å²) in [6, 6.07) is 18.5. The Labute approximate surface area is 139 Å². The molecule has 0 spiro atoms. The molecule has 1 heterocycles. The van der Waals surface area contributed by atoms with E-state index >= 15 is 0 Å².